The van der Waals surface area contributed by atoms with Gasteiger partial charge in [0.05, 0.1) is 11.0 Å². The molecule has 3 N–H and O–H groups in total. The van der Waals surface area contributed by atoms with Crippen molar-refractivity contribution in [3.05, 3.63) is 69.6 Å². The molecule has 1 amide bonds. The van der Waals surface area contributed by atoms with Gasteiger partial charge in [0.1, 0.15) is 5.01 Å². The van der Waals surface area contributed by atoms with Crippen LogP contribution >= 0.6 is 11.3 Å². The van der Waals surface area contributed by atoms with E-state index in [0.29, 0.717) is 21.7 Å². The van der Waals surface area contributed by atoms with E-state index in [1.165, 1.54) is 16.9 Å². The summed E-state index contributed by atoms with van der Waals surface area (Å²) in [4.78, 5) is 45.1. The van der Waals surface area contributed by atoms with Crippen molar-refractivity contribution in [3.63, 3.8) is 0 Å². The molecule has 0 aliphatic heterocycles. The third kappa shape index (κ3) is 4.31. The number of esters is 1. The van der Waals surface area contributed by atoms with Crippen molar-refractivity contribution >= 4 is 39.9 Å². The highest BCUT2D eigenvalue weighted by molar-refractivity contribution is 7.13. The lowest BCUT2D eigenvalue weighted by Crippen LogP contribution is -2.21. The topological polar surface area (TPSA) is 117 Å². The summed E-state index contributed by atoms with van der Waals surface area (Å²) < 4.78 is 5.07. The first kappa shape index (κ1) is 19.6. The number of hydrogen-bond donors (Lipinski definition) is 3. The Morgan fingerprint density at radius 3 is 2.63 bits per heavy atom. The molecule has 0 aliphatic rings. The molecule has 0 spiro atoms. The van der Waals surface area contributed by atoms with Gasteiger partial charge in [-0.05, 0) is 30.2 Å². The fourth-order valence-electron chi connectivity index (χ4n) is 2.90. The molecule has 2 aromatic carbocycles. The fourth-order valence-corrected chi connectivity index (χ4v) is 3.69. The number of nitrogens with one attached hydrogen (secondary N) is 3. The van der Waals surface area contributed by atoms with Gasteiger partial charge >= 0.3 is 11.7 Å². The molecule has 4 aromatic rings. The molecular formula is C21H18N4O4S. The fraction of sp³-hybridized carbons (Fsp3) is 0.143. The summed E-state index contributed by atoms with van der Waals surface area (Å²) in [6, 6.07) is 12.9. The van der Waals surface area contributed by atoms with Crippen LogP contribution in [-0.2, 0) is 16.0 Å². The maximum absolute atomic E-state index is 12.2. The maximum atomic E-state index is 12.2. The van der Waals surface area contributed by atoms with E-state index in [9.17, 15) is 14.4 Å². The maximum Gasteiger partial charge on any atom is 0.358 e. The Labute approximate surface area is 174 Å². The lowest BCUT2D eigenvalue weighted by molar-refractivity contribution is -0.119. The van der Waals surface area contributed by atoms with Crippen molar-refractivity contribution in [1.29, 1.82) is 0 Å². The number of hydrogen-bond acceptors (Lipinski definition) is 6. The number of rotatable bonds is 6. The number of ether oxygens (including phenoxy) is 1. The second-order valence-corrected chi connectivity index (χ2v) is 7.41. The number of carbonyl (C=O) groups excluding carboxylic acids is 2. The van der Waals surface area contributed by atoms with Gasteiger partial charge < -0.3 is 20.0 Å². The summed E-state index contributed by atoms with van der Waals surface area (Å²) in [5, 5.41) is 4.94. The van der Waals surface area contributed by atoms with Crippen molar-refractivity contribution in [2.75, 3.05) is 11.9 Å². The van der Waals surface area contributed by atoms with Gasteiger partial charge in [-0.15, -0.1) is 11.3 Å². The Hall–Kier alpha value is -3.72. The number of anilines is 1. The first-order valence-corrected chi connectivity index (χ1v) is 10.1. The first-order chi connectivity index (χ1) is 14.5. The van der Waals surface area contributed by atoms with Crippen LogP contribution in [0.4, 0.5) is 5.69 Å². The van der Waals surface area contributed by atoms with Crippen LogP contribution in [0.5, 0.6) is 0 Å². The van der Waals surface area contributed by atoms with Crippen molar-refractivity contribution in [2.45, 2.75) is 13.3 Å². The summed E-state index contributed by atoms with van der Waals surface area (Å²) in [7, 11) is 0. The van der Waals surface area contributed by atoms with Gasteiger partial charge in [-0.2, -0.15) is 0 Å². The number of imidazole rings is 1. The Morgan fingerprint density at radius 2 is 1.87 bits per heavy atom. The van der Waals surface area contributed by atoms with E-state index >= 15 is 0 Å². The zero-order chi connectivity index (χ0) is 21.1. The summed E-state index contributed by atoms with van der Waals surface area (Å²) in [5.74, 6) is -1.16. The van der Waals surface area contributed by atoms with Crippen molar-refractivity contribution in [3.8, 4) is 10.6 Å². The van der Waals surface area contributed by atoms with Crippen LogP contribution in [0, 0.1) is 0 Å². The number of thiazole rings is 1. The number of benzene rings is 2. The molecule has 2 aromatic heterocycles. The van der Waals surface area contributed by atoms with E-state index in [1.54, 1.807) is 23.6 Å². The van der Waals surface area contributed by atoms with Crippen LogP contribution in [0.1, 0.15) is 23.0 Å². The molecule has 0 saturated heterocycles. The molecule has 30 heavy (non-hydrogen) atoms. The second kappa shape index (κ2) is 8.34. The Bertz CT molecular complexity index is 1270. The summed E-state index contributed by atoms with van der Waals surface area (Å²) in [6.45, 7) is 1.64. The van der Waals surface area contributed by atoms with Crippen LogP contribution in [-0.4, -0.2) is 33.4 Å². The standard InChI is InChI=1S/C21H18N4O4S/c1-2-12-3-5-13(6-4-12)19-23-17(11-30-19)20(27)29-10-18(26)22-14-7-8-15-16(9-14)25-21(28)24-15/h3-9,11H,2,10H2,1H3,(H,22,26)(H2,24,25,28). The van der Waals surface area contributed by atoms with Gasteiger partial charge in [-0.3, -0.25) is 4.79 Å². The molecule has 0 aliphatic carbocycles. The van der Waals surface area contributed by atoms with Crippen LogP contribution in [0.3, 0.4) is 0 Å². The number of nitrogens with zero attached hydrogens (tertiary/aromatic N) is 1. The highest BCUT2D eigenvalue weighted by atomic mass is 32.1. The van der Waals surface area contributed by atoms with Gasteiger partial charge in [0.15, 0.2) is 12.3 Å². The Kier molecular flexibility index (Phi) is 5.44. The molecule has 9 heteroatoms. The van der Waals surface area contributed by atoms with Gasteiger partial charge in [0.25, 0.3) is 5.91 Å². The van der Waals surface area contributed by atoms with Crippen molar-refractivity contribution in [1.82, 2.24) is 15.0 Å². The van der Waals surface area contributed by atoms with E-state index in [4.69, 9.17) is 4.74 Å². The molecule has 0 unspecified atom stereocenters. The van der Waals surface area contributed by atoms with E-state index in [-0.39, 0.29) is 11.4 Å². The largest absolute Gasteiger partial charge is 0.451 e. The SMILES string of the molecule is CCc1ccc(-c2nc(C(=O)OCC(=O)Nc3ccc4[nH]c(=O)[nH]c4c3)cs2)cc1. The molecular weight excluding hydrogens is 404 g/mol. The third-order valence-electron chi connectivity index (χ3n) is 4.46. The normalized spacial score (nSPS) is 10.8. The summed E-state index contributed by atoms with van der Waals surface area (Å²) in [6.07, 6.45) is 0.953. The number of aromatic amines is 2. The zero-order valence-electron chi connectivity index (χ0n) is 16.0. The molecule has 2 heterocycles. The molecule has 0 atom stereocenters. The van der Waals surface area contributed by atoms with E-state index in [1.807, 2.05) is 24.3 Å². The quantitative estimate of drug-likeness (QED) is 0.412. The zero-order valence-corrected chi connectivity index (χ0v) is 16.8. The summed E-state index contributed by atoms with van der Waals surface area (Å²) >= 11 is 1.34. The minimum Gasteiger partial charge on any atom is -0.451 e. The molecule has 8 nitrogen and oxygen atoms in total. The molecule has 0 fully saturated rings. The lowest BCUT2D eigenvalue weighted by atomic mass is 10.1. The highest BCUT2D eigenvalue weighted by Crippen LogP contribution is 2.24. The molecule has 0 radical (unpaired) electrons. The minimum atomic E-state index is -0.664. The number of amides is 1. The van der Waals surface area contributed by atoms with Crippen LogP contribution in [0.2, 0.25) is 0 Å². The van der Waals surface area contributed by atoms with Gasteiger partial charge in [0.2, 0.25) is 0 Å². The van der Waals surface area contributed by atoms with Crippen molar-refractivity contribution < 1.29 is 14.3 Å². The van der Waals surface area contributed by atoms with E-state index < -0.39 is 18.5 Å². The predicted octanol–water partition coefficient (Wildman–Crippen LogP) is 3.34. The number of fused-ring (bicyclic) bond motifs is 1. The predicted molar refractivity (Wildman–Crippen MR) is 115 cm³/mol. The second-order valence-electron chi connectivity index (χ2n) is 6.55. The molecule has 4 rings (SSSR count). The minimum absolute atomic E-state index is 0.161. The monoisotopic (exact) mass is 422 g/mol. The number of aromatic nitrogens is 3. The number of aryl methyl sites for hydroxylation is 1. The van der Waals surface area contributed by atoms with Gasteiger partial charge in [-0.1, -0.05) is 31.2 Å². The third-order valence-corrected chi connectivity index (χ3v) is 5.35. The van der Waals surface area contributed by atoms with Gasteiger partial charge in [0, 0.05) is 16.6 Å². The number of H-pyrrole nitrogens is 2. The molecule has 152 valence electrons. The van der Waals surface area contributed by atoms with Crippen LogP contribution in [0.25, 0.3) is 21.6 Å². The Morgan fingerprint density at radius 1 is 1.10 bits per heavy atom. The average molecular weight is 422 g/mol. The lowest BCUT2D eigenvalue weighted by Gasteiger charge is -2.06. The Balaban J connectivity index is 1.35. The molecule has 0 saturated carbocycles. The number of carbonyl (C=O) groups is 2. The van der Waals surface area contributed by atoms with E-state index in [0.717, 1.165) is 12.0 Å². The average Bonchev–Trinajstić information content (AvgIpc) is 3.38. The highest BCUT2D eigenvalue weighted by Gasteiger charge is 2.15. The van der Waals surface area contributed by atoms with E-state index in [2.05, 4.69) is 27.2 Å². The molecule has 0 bridgehead atoms. The summed E-state index contributed by atoms with van der Waals surface area (Å²) in [5.41, 5.74) is 3.66. The van der Waals surface area contributed by atoms with Crippen LogP contribution < -0.4 is 11.0 Å². The smallest absolute Gasteiger partial charge is 0.358 e. The van der Waals surface area contributed by atoms with Crippen molar-refractivity contribution in [2.24, 2.45) is 0 Å². The van der Waals surface area contributed by atoms with Gasteiger partial charge in [-0.25, -0.2) is 14.6 Å². The first-order valence-electron chi connectivity index (χ1n) is 9.25. The van der Waals surface area contributed by atoms with Crippen LogP contribution in [0.15, 0.2) is 52.6 Å².